The monoisotopic (exact) mass is 409 g/mol. The minimum Gasteiger partial charge on any atom is -0.256 e. The minimum atomic E-state index is -0.127. The number of halogens is 1. The van der Waals surface area contributed by atoms with Crippen molar-refractivity contribution in [1.82, 2.24) is 4.98 Å². The first-order valence-corrected chi connectivity index (χ1v) is 12.5. The molecule has 0 unspecified atom stereocenters. The Bertz CT molecular complexity index is 761. The highest BCUT2D eigenvalue weighted by Gasteiger charge is 2.25. The van der Waals surface area contributed by atoms with Crippen LogP contribution in [-0.4, -0.2) is 4.98 Å². The van der Waals surface area contributed by atoms with E-state index < -0.39 is 0 Å². The van der Waals surface area contributed by atoms with Crippen molar-refractivity contribution in [2.75, 3.05) is 0 Å². The Morgan fingerprint density at radius 3 is 2.40 bits per heavy atom. The topological polar surface area (TPSA) is 12.9 Å². The zero-order valence-corrected chi connectivity index (χ0v) is 19.1. The van der Waals surface area contributed by atoms with Crippen molar-refractivity contribution in [1.29, 1.82) is 0 Å². The first-order valence-electron chi connectivity index (χ1n) is 12.5. The molecular formula is C28H40FN. The Hall–Kier alpha value is -1.70. The summed E-state index contributed by atoms with van der Waals surface area (Å²) in [5, 5.41) is 0. The van der Waals surface area contributed by atoms with E-state index >= 15 is 0 Å². The van der Waals surface area contributed by atoms with Crippen LogP contribution in [0.4, 0.5) is 4.39 Å². The molecule has 2 aromatic rings. The molecule has 30 heavy (non-hydrogen) atoms. The van der Waals surface area contributed by atoms with Crippen molar-refractivity contribution in [3.8, 4) is 11.3 Å². The van der Waals surface area contributed by atoms with Gasteiger partial charge in [0.1, 0.15) is 5.82 Å². The summed E-state index contributed by atoms with van der Waals surface area (Å²) in [7, 11) is 0. The second kappa shape index (κ2) is 12.2. The first kappa shape index (κ1) is 23.0. The summed E-state index contributed by atoms with van der Waals surface area (Å²) in [4.78, 5) is 4.62. The lowest BCUT2D eigenvalue weighted by molar-refractivity contribution is 0.302. The van der Waals surface area contributed by atoms with Gasteiger partial charge in [-0.25, -0.2) is 4.39 Å². The van der Waals surface area contributed by atoms with Gasteiger partial charge in [-0.3, -0.25) is 4.98 Å². The number of hydrogen-bond donors (Lipinski definition) is 0. The molecule has 1 aliphatic carbocycles. The summed E-state index contributed by atoms with van der Waals surface area (Å²) >= 11 is 0. The van der Waals surface area contributed by atoms with Crippen LogP contribution in [0.5, 0.6) is 0 Å². The molecule has 1 nitrogen and oxygen atoms in total. The average Bonchev–Trinajstić information content (AvgIpc) is 2.77. The third-order valence-corrected chi connectivity index (χ3v) is 6.92. The SMILES string of the molecule is CCCCCCCCC1CCC(c2cccnc2-c2ccc(CCC)cc2F)CC1. The van der Waals surface area contributed by atoms with Crippen molar-refractivity contribution in [3.05, 3.63) is 53.5 Å². The third kappa shape index (κ3) is 6.40. The van der Waals surface area contributed by atoms with Gasteiger partial charge in [-0.2, -0.15) is 0 Å². The van der Waals surface area contributed by atoms with Crippen LogP contribution in [0.2, 0.25) is 0 Å². The summed E-state index contributed by atoms with van der Waals surface area (Å²) in [6, 6.07) is 9.91. The number of benzene rings is 1. The molecule has 1 aliphatic rings. The molecule has 0 N–H and O–H groups in total. The van der Waals surface area contributed by atoms with Gasteiger partial charge < -0.3 is 0 Å². The normalized spacial score (nSPS) is 19.2. The maximum Gasteiger partial charge on any atom is 0.132 e. The lowest BCUT2D eigenvalue weighted by atomic mass is 9.76. The Labute approximate surface area is 183 Å². The standard InChI is InChI=1S/C28H40FN/c1-3-5-6-7-8-9-12-22-14-17-24(18-15-22)25-13-10-20-30-28(25)26-19-16-23(11-4-2)21-27(26)29/h10,13,16,19-22,24H,3-9,11-12,14-15,17-18H2,1-2H3. The largest absolute Gasteiger partial charge is 0.256 e. The quantitative estimate of drug-likeness (QED) is 0.338. The molecule has 0 bridgehead atoms. The fraction of sp³-hybridized carbons (Fsp3) is 0.607. The van der Waals surface area contributed by atoms with E-state index in [-0.39, 0.29) is 5.82 Å². The third-order valence-electron chi connectivity index (χ3n) is 6.92. The molecule has 0 saturated heterocycles. The number of aromatic nitrogens is 1. The van der Waals surface area contributed by atoms with Gasteiger partial charge in [0.25, 0.3) is 0 Å². The highest BCUT2D eigenvalue weighted by molar-refractivity contribution is 5.65. The molecule has 164 valence electrons. The number of rotatable bonds is 11. The number of nitrogens with zero attached hydrogens (tertiary/aromatic N) is 1. The Balaban J connectivity index is 1.58. The molecule has 3 rings (SSSR count). The van der Waals surface area contributed by atoms with Crippen LogP contribution in [0.25, 0.3) is 11.3 Å². The van der Waals surface area contributed by atoms with E-state index in [0.29, 0.717) is 11.5 Å². The molecule has 1 fully saturated rings. The molecular weight excluding hydrogens is 369 g/mol. The van der Waals surface area contributed by atoms with E-state index in [1.807, 2.05) is 18.3 Å². The van der Waals surface area contributed by atoms with Gasteiger partial charge in [-0.05, 0) is 73.3 Å². The van der Waals surface area contributed by atoms with Gasteiger partial charge in [0.05, 0.1) is 5.69 Å². The van der Waals surface area contributed by atoms with Crippen molar-refractivity contribution < 1.29 is 4.39 Å². The summed E-state index contributed by atoms with van der Waals surface area (Å²) in [5.74, 6) is 1.28. The summed E-state index contributed by atoms with van der Waals surface area (Å²) in [5.41, 5.74) is 3.85. The minimum absolute atomic E-state index is 0.127. The van der Waals surface area contributed by atoms with E-state index in [1.165, 1.54) is 76.2 Å². The molecule has 0 amide bonds. The van der Waals surface area contributed by atoms with Crippen LogP contribution in [-0.2, 0) is 6.42 Å². The van der Waals surface area contributed by atoms with Crippen LogP contribution in [0.1, 0.15) is 108 Å². The smallest absolute Gasteiger partial charge is 0.132 e. The zero-order chi connectivity index (χ0) is 21.2. The zero-order valence-electron chi connectivity index (χ0n) is 19.1. The van der Waals surface area contributed by atoms with E-state index in [1.54, 1.807) is 6.07 Å². The van der Waals surface area contributed by atoms with E-state index in [2.05, 4.69) is 31.0 Å². The number of unbranched alkanes of at least 4 members (excludes halogenated alkanes) is 5. The highest BCUT2D eigenvalue weighted by Crippen LogP contribution is 2.41. The lowest BCUT2D eigenvalue weighted by Crippen LogP contribution is -2.14. The van der Waals surface area contributed by atoms with Gasteiger partial charge in [0, 0.05) is 11.8 Å². The highest BCUT2D eigenvalue weighted by atomic mass is 19.1. The fourth-order valence-corrected chi connectivity index (χ4v) is 5.14. The second-order valence-corrected chi connectivity index (χ2v) is 9.28. The summed E-state index contributed by atoms with van der Waals surface area (Å²) < 4.78 is 14.9. The van der Waals surface area contributed by atoms with Crippen LogP contribution in [0, 0.1) is 11.7 Å². The predicted molar refractivity (Wildman–Crippen MR) is 126 cm³/mol. The van der Waals surface area contributed by atoms with Gasteiger partial charge in [-0.15, -0.1) is 0 Å². The molecule has 1 aromatic heterocycles. The number of hydrogen-bond acceptors (Lipinski definition) is 1. The summed E-state index contributed by atoms with van der Waals surface area (Å²) in [6.45, 7) is 4.41. The lowest BCUT2D eigenvalue weighted by Gasteiger charge is -2.30. The molecule has 1 heterocycles. The average molecular weight is 410 g/mol. The molecule has 0 spiro atoms. The van der Waals surface area contributed by atoms with Crippen LogP contribution in [0.3, 0.4) is 0 Å². The molecule has 2 heteroatoms. The fourth-order valence-electron chi connectivity index (χ4n) is 5.14. The number of aryl methyl sites for hydroxylation is 1. The van der Waals surface area contributed by atoms with Crippen LogP contribution < -0.4 is 0 Å². The molecule has 0 aliphatic heterocycles. The molecule has 1 aromatic carbocycles. The Morgan fingerprint density at radius 1 is 0.900 bits per heavy atom. The Morgan fingerprint density at radius 2 is 1.67 bits per heavy atom. The molecule has 0 radical (unpaired) electrons. The molecule has 1 saturated carbocycles. The number of pyridine rings is 1. The maximum atomic E-state index is 14.9. The van der Waals surface area contributed by atoms with Gasteiger partial charge >= 0.3 is 0 Å². The van der Waals surface area contributed by atoms with Gasteiger partial charge in [0.15, 0.2) is 0 Å². The van der Waals surface area contributed by atoms with Crippen molar-refractivity contribution in [2.45, 2.75) is 103 Å². The van der Waals surface area contributed by atoms with Crippen molar-refractivity contribution in [2.24, 2.45) is 5.92 Å². The van der Waals surface area contributed by atoms with Crippen LogP contribution >= 0.6 is 0 Å². The maximum absolute atomic E-state index is 14.9. The summed E-state index contributed by atoms with van der Waals surface area (Å²) in [6.07, 6.45) is 18.5. The van der Waals surface area contributed by atoms with Gasteiger partial charge in [-0.1, -0.05) is 77.3 Å². The van der Waals surface area contributed by atoms with E-state index in [4.69, 9.17) is 0 Å². The van der Waals surface area contributed by atoms with Gasteiger partial charge in [0.2, 0.25) is 0 Å². The Kier molecular flexibility index (Phi) is 9.36. The second-order valence-electron chi connectivity index (χ2n) is 9.28. The van der Waals surface area contributed by atoms with Crippen molar-refractivity contribution in [3.63, 3.8) is 0 Å². The van der Waals surface area contributed by atoms with Crippen molar-refractivity contribution >= 4 is 0 Å². The predicted octanol–water partition coefficient (Wildman–Crippen LogP) is 8.86. The molecule has 0 atom stereocenters. The van der Waals surface area contributed by atoms with E-state index in [9.17, 15) is 4.39 Å². The first-order chi connectivity index (χ1) is 14.7. The van der Waals surface area contributed by atoms with Crippen LogP contribution in [0.15, 0.2) is 36.5 Å². The van der Waals surface area contributed by atoms with E-state index in [0.717, 1.165) is 30.0 Å².